The lowest BCUT2D eigenvalue weighted by Crippen LogP contribution is -2.14. The van der Waals surface area contributed by atoms with Crippen molar-refractivity contribution in [1.29, 1.82) is 0 Å². The van der Waals surface area contributed by atoms with Crippen molar-refractivity contribution < 1.29 is 0 Å². The first-order chi connectivity index (χ1) is 10.1. The molecule has 0 aromatic heterocycles. The van der Waals surface area contributed by atoms with E-state index in [0.717, 1.165) is 24.0 Å². The summed E-state index contributed by atoms with van der Waals surface area (Å²) in [6, 6.07) is 13.2. The molecular weight excluding hydrogens is 342 g/mol. The molecule has 1 N–H and O–H groups in total. The van der Waals surface area contributed by atoms with Crippen LogP contribution < -0.4 is 5.32 Å². The van der Waals surface area contributed by atoms with E-state index in [1.165, 1.54) is 26.5 Å². The summed E-state index contributed by atoms with van der Waals surface area (Å²) in [5.74, 6) is 0. The van der Waals surface area contributed by atoms with Gasteiger partial charge in [-0.05, 0) is 67.8 Å². The maximum atomic E-state index is 3.58. The van der Waals surface area contributed by atoms with E-state index >= 15 is 0 Å². The highest BCUT2D eigenvalue weighted by Crippen LogP contribution is 2.34. The van der Waals surface area contributed by atoms with E-state index in [4.69, 9.17) is 0 Å². The third-order valence-electron chi connectivity index (χ3n) is 3.33. The van der Waals surface area contributed by atoms with Gasteiger partial charge in [-0.1, -0.05) is 46.7 Å². The van der Waals surface area contributed by atoms with Gasteiger partial charge in [-0.2, -0.15) is 0 Å². The molecule has 0 heterocycles. The maximum Gasteiger partial charge on any atom is 0.0217 e. The molecular formula is C18H22BrNS. The second kappa shape index (κ2) is 8.02. The highest BCUT2D eigenvalue weighted by Gasteiger charge is 2.07. The first-order valence-corrected chi connectivity index (χ1v) is 8.95. The highest BCUT2D eigenvalue weighted by atomic mass is 79.9. The average Bonchev–Trinajstić information content (AvgIpc) is 2.46. The van der Waals surface area contributed by atoms with Crippen LogP contribution in [-0.2, 0) is 6.54 Å². The molecule has 0 atom stereocenters. The largest absolute Gasteiger partial charge is 0.313 e. The van der Waals surface area contributed by atoms with E-state index in [-0.39, 0.29) is 0 Å². The lowest BCUT2D eigenvalue weighted by Gasteiger charge is -2.12. The van der Waals surface area contributed by atoms with Gasteiger partial charge >= 0.3 is 0 Å². The van der Waals surface area contributed by atoms with E-state index in [1.807, 2.05) is 11.8 Å². The lowest BCUT2D eigenvalue weighted by atomic mass is 10.2. The molecule has 2 rings (SSSR count). The molecule has 112 valence electrons. The van der Waals surface area contributed by atoms with Gasteiger partial charge in [-0.3, -0.25) is 0 Å². The Morgan fingerprint density at radius 1 is 1.05 bits per heavy atom. The zero-order valence-corrected chi connectivity index (χ0v) is 15.3. The van der Waals surface area contributed by atoms with E-state index < -0.39 is 0 Å². The number of hydrogen-bond acceptors (Lipinski definition) is 2. The average molecular weight is 364 g/mol. The van der Waals surface area contributed by atoms with Crippen LogP contribution in [0, 0.1) is 13.8 Å². The van der Waals surface area contributed by atoms with E-state index in [1.54, 1.807) is 0 Å². The van der Waals surface area contributed by atoms with Crippen LogP contribution in [0.25, 0.3) is 0 Å². The minimum Gasteiger partial charge on any atom is -0.313 e. The Labute approximate surface area is 140 Å². The van der Waals surface area contributed by atoms with Crippen molar-refractivity contribution in [3.05, 3.63) is 57.6 Å². The van der Waals surface area contributed by atoms with Crippen molar-refractivity contribution in [1.82, 2.24) is 5.32 Å². The Morgan fingerprint density at radius 3 is 2.62 bits per heavy atom. The fraction of sp³-hybridized carbons (Fsp3) is 0.333. The molecule has 2 aromatic rings. The molecule has 3 heteroatoms. The summed E-state index contributed by atoms with van der Waals surface area (Å²) >= 11 is 5.44. The first kappa shape index (κ1) is 16.6. The lowest BCUT2D eigenvalue weighted by molar-refractivity contribution is 0.669. The third kappa shape index (κ3) is 4.87. The van der Waals surface area contributed by atoms with Crippen molar-refractivity contribution in [2.24, 2.45) is 0 Å². The molecule has 0 saturated heterocycles. The van der Waals surface area contributed by atoms with Crippen LogP contribution in [-0.4, -0.2) is 6.54 Å². The Bertz CT molecular complexity index is 610. The summed E-state index contributed by atoms with van der Waals surface area (Å²) < 4.78 is 1.14. The quantitative estimate of drug-likeness (QED) is 0.658. The fourth-order valence-electron chi connectivity index (χ4n) is 2.12. The molecule has 0 saturated carbocycles. The summed E-state index contributed by atoms with van der Waals surface area (Å²) in [7, 11) is 0. The highest BCUT2D eigenvalue weighted by molar-refractivity contribution is 9.10. The van der Waals surface area contributed by atoms with Crippen LogP contribution in [0.4, 0.5) is 0 Å². The number of nitrogens with one attached hydrogen (secondary N) is 1. The molecule has 2 aromatic carbocycles. The fourth-order valence-corrected chi connectivity index (χ4v) is 3.64. The molecule has 1 nitrogen and oxygen atoms in total. The van der Waals surface area contributed by atoms with Gasteiger partial charge in [-0.15, -0.1) is 0 Å². The van der Waals surface area contributed by atoms with Crippen molar-refractivity contribution in [3.63, 3.8) is 0 Å². The van der Waals surface area contributed by atoms with Gasteiger partial charge in [0, 0.05) is 20.8 Å². The second-order valence-corrected chi connectivity index (χ2v) is 7.30. The van der Waals surface area contributed by atoms with Gasteiger partial charge in [-0.25, -0.2) is 0 Å². The molecule has 0 aliphatic carbocycles. The number of benzene rings is 2. The molecule has 0 spiro atoms. The Hall–Kier alpha value is -0.770. The summed E-state index contributed by atoms with van der Waals surface area (Å²) in [5, 5.41) is 3.50. The minimum absolute atomic E-state index is 0.917. The Balaban J connectivity index is 2.24. The molecule has 0 radical (unpaired) electrons. The molecule has 0 amide bonds. The van der Waals surface area contributed by atoms with E-state index in [2.05, 4.69) is 78.4 Å². The number of rotatable bonds is 6. The molecule has 0 aliphatic rings. The minimum atomic E-state index is 0.917. The molecule has 0 bridgehead atoms. The zero-order valence-electron chi connectivity index (χ0n) is 12.9. The van der Waals surface area contributed by atoms with Gasteiger partial charge in [0.1, 0.15) is 0 Å². The van der Waals surface area contributed by atoms with Crippen molar-refractivity contribution >= 4 is 27.7 Å². The van der Waals surface area contributed by atoms with Gasteiger partial charge in [0.25, 0.3) is 0 Å². The van der Waals surface area contributed by atoms with Crippen LogP contribution in [0.1, 0.15) is 30.0 Å². The predicted octanol–water partition coefficient (Wildman–Crippen LogP) is 5.72. The van der Waals surface area contributed by atoms with Crippen LogP contribution >= 0.6 is 27.7 Å². The predicted molar refractivity (Wildman–Crippen MR) is 96.2 cm³/mol. The second-order valence-electron chi connectivity index (χ2n) is 5.30. The van der Waals surface area contributed by atoms with Gasteiger partial charge in [0.2, 0.25) is 0 Å². The van der Waals surface area contributed by atoms with Crippen molar-refractivity contribution in [2.75, 3.05) is 6.54 Å². The molecule has 0 aliphatic heterocycles. The van der Waals surface area contributed by atoms with Crippen LogP contribution in [0.2, 0.25) is 0 Å². The number of aryl methyl sites for hydroxylation is 2. The summed E-state index contributed by atoms with van der Waals surface area (Å²) in [6.45, 7) is 8.49. The van der Waals surface area contributed by atoms with E-state index in [9.17, 15) is 0 Å². The summed E-state index contributed by atoms with van der Waals surface area (Å²) in [6.07, 6.45) is 1.16. The van der Waals surface area contributed by atoms with Crippen LogP contribution in [0.5, 0.6) is 0 Å². The van der Waals surface area contributed by atoms with Gasteiger partial charge in [0.15, 0.2) is 0 Å². The summed E-state index contributed by atoms with van der Waals surface area (Å²) in [5.41, 5.74) is 4.00. The number of hydrogen-bond donors (Lipinski definition) is 1. The smallest absolute Gasteiger partial charge is 0.0217 e. The maximum absolute atomic E-state index is 3.58. The van der Waals surface area contributed by atoms with Crippen molar-refractivity contribution in [3.8, 4) is 0 Å². The molecule has 0 unspecified atom stereocenters. The zero-order chi connectivity index (χ0) is 15.2. The number of halogens is 1. The van der Waals surface area contributed by atoms with Crippen molar-refractivity contribution in [2.45, 2.75) is 43.5 Å². The molecule has 21 heavy (non-hydrogen) atoms. The Morgan fingerprint density at radius 2 is 1.86 bits per heavy atom. The van der Waals surface area contributed by atoms with Gasteiger partial charge < -0.3 is 5.32 Å². The topological polar surface area (TPSA) is 12.0 Å². The third-order valence-corrected chi connectivity index (χ3v) is 5.10. The molecule has 0 fully saturated rings. The first-order valence-electron chi connectivity index (χ1n) is 7.34. The van der Waals surface area contributed by atoms with Crippen LogP contribution in [0.15, 0.2) is 50.7 Å². The van der Waals surface area contributed by atoms with Crippen LogP contribution in [0.3, 0.4) is 0 Å². The van der Waals surface area contributed by atoms with Gasteiger partial charge in [0.05, 0.1) is 0 Å². The van der Waals surface area contributed by atoms with E-state index in [0.29, 0.717) is 0 Å². The standard InChI is InChI=1S/C18H22BrNS/c1-4-9-20-12-15-11-16(19)7-8-17(15)21-18-10-13(2)5-6-14(18)3/h5-8,10-11,20H,4,9,12H2,1-3H3. The monoisotopic (exact) mass is 363 g/mol. The SMILES string of the molecule is CCCNCc1cc(Br)ccc1Sc1cc(C)ccc1C. The Kier molecular flexibility index (Phi) is 6.34. The summed E-state index contributed by atoms with van der Waals surface area (Å²) in [4.78, 5) is 2.67. The normalized spacial score (nSPS) is 10.9.